The largest absolute Gasteiger partial charge is 0.122 e. The van der Waals surface area contributed by atoms with Crippen molar-refractivity contribution in [1.29, 1.82) is 0 Å². The van der Waals surface area contributed by atoms with Crippen LogP contribution in [0.5, 0.6) is 0 Å². The van der Waals surface area contributed by atoms with E-state index < -0.39 is 0 Å². The van der Waals surface area contributed by atoms with E-state index in [2.05, 4.69) is 44.5 Å². The Labute approximate surface area is 78.4 Å². The van der Waals surface area contributed by atoms with E-state index in [9.17, 15) is 0 Å². The summed E-state index contributed by atoms with van der Waals surface area (Å²) in [5.41, 5.74) is 1.41. The minimum atomic E-state index is 0.699. The molecular weight excluding hydrogens is 164 g/mol. The fourth-order valence-corrected chi connectivity index (χ4v) is 2.57. The summed E-state index contributed by atoms with van der Waals surface area (Å²) in [5.74, 6) is 0.699. The lowest BCUT2D eigenvalue weighted by Crippen LogP contribution is -2.16. The number of thioether (sulfide) groups is 1. The standard InChI is InChI=1S/C11H13S/c1-8-7-10-5-3-4-6-11(10)12-9(8)2/h3-9H,1-2H3. The highest BCUT2D eigenvalue weighted by molar-refractivity contribution is 8.00. The molecule has 2 atom stereocenters. The van der Waals surface area contributed by atoms with E-state index in [1.807, 2.05) is 11.8 Å². The molecule has 0 spiro atoms. The van der Waals surface area contributed by atoms with Crippen molar-refractivity contribution in [2.45, 2.75) is 24.0 Å². The zero-order chi connectivity index (χ0) is 8.55. The summed E-state index contributed by atoms with van der Waals surface area (Å²) in [5, 5.41) is 0.722. The third-order valence-electron chi connectivity index (χ3n) is 2.41. The van der Waals surface area contributed by atoms with Crippen LogP contribution in [0.25, 0.3) is 0 Å². The van der Waals surface area contributed by atoms with Crippen LogP contribution in [-0.4, -0.2) is 5.25 Å². The molecule has 12 heavy (non-hydrogen) atoms. The Hall–Kier alpha value is -0.430. The monoisotopic (exact) mass is 177 g/mol. The molecule has 1 aromatic carbocycles. The predicted molar refractivity (Wildman–Crippen MR) is 54.3 cm³/mol. The zero-order valence-corrected chi connectivity index (χ0v) is 8.27. The number of hydrogen-bond acceptors (Lipinski definition) is 1. The van der Waals surface area contributed by atoms with Gasteiger partial charge in [-0.05, 0) is 24.0 Å². The van der Waals surface area contributed by atoms with Gasteiger partial charge in [-0.15, -0.1) is 11.8 Å². The van der Waals surface area contributed by atoms with Crippen molar-refractivity contribution in [3.8, 4) is 0 Å². The van der Waals surface area contributed by atoms with E-state index >= 15 is 0 Å². The van der Waals surface area contributed by atoms with Crippen molar-refractivity contribution < 1.29 is 0 Å². The summed E-state index contributed by atoms with van der Waals surface area (Å²) in [7, 11) is 0. The van der Waals surface area contributed by atoms with Gasteiger partial charge in [0.25, 0.3) is 0 Å². The fraction of sp³-hybridized carbons (Fsp3) is 0.364. The molecule has 1 aliphatic rings. The third-order valence-corrected chi connectivity index (χ3v) is 3.84. The van der Waals surface area contributed by atoms with Gasteiger partial charge >= 0.3 is 0 Å². The highest BCUT2D eigenvalue weighted by atomic mass is 32.2. The molecular formula is C11H13S. The van der Waals surface area contributed by atoms with Crippen molar-refractivity contribution in [3.05, 3.63) is 36.2 Å². The molecule has 0 fully saturated rings. The van der Waals surface area contributed by atoms with Crippen LogP contribution in [0.4, 0.5) is 0 Å². The van der Waals surface area contributed by atoms with Crippen LogP contribution in [-0.2, 0) is 0 Å². The summed E-state index contributed by atoms with van der Waals surface area (Å²) >= 11 is 1.99. The lowest BCUT2D eigenvalue weighted by Gasteiger charge is -2.26. The summed E-state index contributed by atoms with van der Waals surface area (Å²) in [4.78, 5) is 1.43. The van der Waals surface area contributed by atoms with Crippen molar-refractivity contribution in [2.24, 2.45) is 5.92 Å². The van der Waals surface area contributed by atoms with Crippen LogP contribution in [0.2, 0.25) is 0 Å². The van der Waals surface area contributed by atoms with Gasteiger partial charge in [-0.3, -0.25) is 0 Å². The van der Waals surface area contributed by atoms with E-state index in [0.29, 0.717) is 5.92 Å². The molecule has 0 saturated carbocycles. The zero-order valence-electron chi connectivity index (χ0n) is 7.45. The third kappa shape index (κ3) is 1.38. The smallest absolute Gasteiger partial charge is 0.0110 e. The minimum Gasteiger partial charge on any atom is -0.122 e. The molecule has 1 aromatic rings. The average molecular weight is 177 g/mol. The van der Waals surface area contributed by atoms with Crippen molar-refractivity contribution in [2.75, 3.05) is 0 Å². The minimum absolute atomic E-state index is 0.699. The second kappa shape index (κ2) is 3.14. The SMILES string of the molecule is CC1[CH]c2ccccc2SC1C. The Kier molecular flexibility index (Phi) is 2.14. The topological polar surface area (TPSA) is 0 Å². The van der Waals surface area contributed by atoms with Crippen LogP contribution in [0.1, 0.15) is 19.4 Å². The van der Waals surface area contributed by atoms with E-state index in [1.54, 1.807) is 0 Å². The van der Waals surface area contributed by atoms with Gasteiger partial charge in [-0.2, -0.15) is 0 Å². The van der Waals surface area contributed by atoms with Crippen molar-refractivity contribution in [3.63, 3.8) is 0 Å². The Morgan fingerprint density at radius 1 is 1.17 bits per heavy atom. The van der Waals surface area contributed by atoms with Crippen LogP contribution in [0, 0.1) is 12.3 Å². The Morgan fingerprint density at radius 2 is 1.92 bits per heavy atom. The van der Waals surface area contributed by atoms with Gasteiger partial charge in [-0.25, -0.2) is 0 Å². The summed E-state index contributed by atoms with van der Waals surface area (Å²) in [6.45, 7) is 4.58. The molecule has 0 aromatic heterocycles. The van der Waals surface area contributed by atoms with E-state index in [4.69, 9.17) is 0 Å². The van der Waals surface area contributed by atoms with Gasteiger partial charge < -0.3 is 0 Å². The number of rotatable bonds is 0. The summed E-state index contributed by atoms with van der Waals surface area (Å²) < 4.78 is 0. The van der Waals surface area contributed by atoms with Crippen LogP contribution in [0.15, 0.2) is 29.2 Å². The molecule has 1 aliphatic heterocycles. The Bertz CT molecular complexity index is 251. The first kappa shape index (κ1) is 8.18. The maximum absolute atomic E-state index is 2.37. The molecule has 2 rings (SSSR count). The molecule has 0 saturated heterocycles. The molecule has 1 heterocycles. The van der Waals surface area contributed by atoms with Gasteiger partial charge in [0.2, 0.25) is 0 Å². The molecule has 1 heteroatoms. The second-order valence-electron chi connectivity index (χ2n) is 3.39. The first-order chi connectivity index (χ1) is 5.77. The van der Waals surface area contributed by atoms with Gasteiger partial charge in [0, 0.05) is 10.1 Å². The van der Waals surface area contributed by atoms with E-state index in [0.717, 1.165) is 5.25 Å². The second-order valence-corrected chi connectivity index (χ2v) is 4.81. The Morgan fingerprint density at radius 3 is 2.75 bits per heavy atom. The lowest BCUT2D eigenvalue weighted by atomic mass is 9.98. The summed E-state index contributed by atoms with van der Waals surface area (Å²) in [6, 6.07) is 8.63. The fourth-order valence-electron chi connectivity index (χ4n) is 1.45. The highest BCUT2D eigenvalue weighted by Gasteiger charge is 2.21. The van der Waals surface area contributed by atoms with Crippen molar-refractivity contribution >= 4 is 11.8 Å². The summed E-state index contributed by atoms with van der Waals surface area (Å²) in [6.07, 6.45) is 2.37. The van der Waals surface area contributed by atoms with Crippen LogP contribution >= 0.6 is 11.8 Å². The van der Waals surface area contributed by atoms with Gasteiger partial charge in [0.1, 0.15) is 0 Å². The highest BCUT2D eigenvalue weighted by Crippen LogP contribution is 2.38. The number of fused-ring (bicyclic) bond motifs is 1. The van der Waals surface area contributed by atoms with Gasteiger partial charge in [-0.1, -0.05) is 32.0 Å². The van der Waals surface area contributed by atoms with Gasteiger partial charge in [0.15, 0.2) is 0 Å². The average Bonchev–Trinajstić information content (AvgIpc) is 2.07. The van der Waals surface area contributed by atoms with Crippen LogP contribution < -0.4 is 0 Å². The van der Waals surface area contributed by atoms with Crippen LogP contribution in [0.3, 0.4) is 0 Å². The maximum Gasteiger partial charge on any atom is 0.0110 e. The predicted octanol–water partition coefficient (Wildman–Crippen LogP) is 3.37. The number of hydrogen-bond donors (Lipinski definition) is 0. The van der Waals surface area contributed by atoms with E-state index in [1.165, 1.54) is 10.5 Å². The molecule has 1 radical (unpaired) electrons. The molecule has 0 amide bonds. The molecule has 0 aliphatic carbocycles. The van der Waals surface area contributed by atoms with E-state index in [-0.39, 0.29) is 0 Å². The van der Waals surface area contributed by atoms with Gasteiger partial charge in [0.05, 0.1) is 0 Å². The molecule has 63 valence electrons. The quantitative estimate of drug-likeness (QED) is 0.585. The van der Waals surface area contributed by atoms with Crippen molar-refractivity contribution in [1.82, 2.24) is 0 Å². The number of benzene rings is 1. The molecule has 0 nitrogen and oxygen atoms in total. The molecule has 2 unspecified atom stereocenters. The first-order valence-electron chi connectivity index (χ1n) is 4.38. The molecule has 0 N–H and O–H groups in total. The normalized spacial score (nSPS) is 28.2. The first-order valence-corrected chi connectivity index (χ1v) is 5.26. The Balaban J connectivity index is 2.34. The maximum atomic E-state index is 2.37. The lowest BCUT2D eigenvalue weighted by molar-refractivity contribution is 0.662. The molecule has 0 bridgehead atoms.